The van der Waals surface area contributed by atoms with Crippen LogP contribution in [0.1, 0.15) is 76.6 Å². The average Bonchev–Trinajstić information content (AvgIpc) is 2.62. The molecule has 2 unspecified atom stereocenters. The topological polar surface area (TPSA) is 0 Å². The van der Waals surface area contributed by atoms with E-state index in [-0.39, 0.29) is 5.41 Å². The molecule has 0 aromatic heterocycles. The fourth-order valence-electron chi connectivity index (χ4n) is 3.38. The van der Waals surface area contributed by atoms with E-state index in [0.717, 1.165) is 11.8 Å². The maximum Gasteiger partial charge on any atom is 0.0146 e. The lowest BCUT2D eigenvalue weighted by Gasteiger charge is -2.27. The van der Waals surface area contributed by atoms with Gasteiger partial charge in [-0.05, 0) is 46.9 Å². The Hall–Kier alpha value is -1.56. The molecule has 25 heavy (non-hydrogen) atoms. The van der Waals surface area contributed by atoms with Crippen LogP contribution in [-0.4, -0.2) is 0 Å². The smallest absolute Gasteiger partial charge is 0.0146 e. The molecule has 2 rings (SSSR count). The SMILES string of the molecule is CCC(C)Cc1ccc(C(C)(C)c2ccc(CC(C)CC)cc2)cc1. The molecular weight excluding hydrogens is 300 g/mol. The first-order chi connectivity index (χ1) is 11.9. The van der Waals surface area contributed by atoms with Crippen LogP contribution in [0, 0.1) is 11.8 Å². The first-order valence-electron chi connectivity index (χ1n) is 10.1. The fourth-order valence-corrected chi connectivity index (χ4v) is 3.38. The summed E-state index contributed by atoms with van der Waals surface area (Å²) in [5.74, 6) is 1.52. The molecule has 0 heteroatoms. The Morgan fingerprint density at radius 1 is 0.640 bits per heavy atom. The van der Waals surface area contributed by atoms with Crippen LogP contribution >= 0.6 is 0 Å². The quantitative estimate of drug-likeness (QED) is 0.478. The van der Waals surface area contributed by atoms with Gasteiger partial charge in [-0.25, -0.2) is 0 Å². The molecule has 0 bridgehead atoms. The molecule has 2 aromatic rings. The summed E-state index contributed by atoms with van der Waals surface area (Å²) in [6.07, 6.45) is 4.86. The molecule has 0 aliphatic rings. The normalized spacial score (nSPS) is 14.3. The number of hydrogen-bond acceptors (Lipinski definition) is 0. The molecule has 136 valence electrons. The van der Waals surface area contributed by atoms with Gasteiger partial charge in [-0.1, -0.05) is 103 Å². The second-order valence-corrected chi connectivity index (χ2v) is 8.45. The van der Waals surface area contributed by atoms with Crippen LogP contribution in [0.4, 0.5) is 0 Å². The van der Waals surface area contributed by atoms with E-state index in [2.05, 4.69) is 90.1 Å². The highest BCUT2D eigenvalue weighted by molar-refractivity contribution is 5.39. The lowest BCUT2D eigenvalue weighted by atomic mass is 9.77. The zero-order valence-corrected chi connectivity index (χ0v) is 17.1. The lowest BCUT2D eigenvalue weighted by molar-refractivity contribution is 0.559. The second kappa shape index (κ2) is 8.70. The number of rotatable bonds is 8. The predicted octanol–water partition coefficient (Wildman–Crippen LogP) is 7.19. The molecular formula is C25H36. The molecule has 0 aliphatic heterocycles. The molecule has 0 N–H and O–H groups in total. The van der Waals surface area contributed by atoms with Gasteiger partial charge in [-0.2, -0.15) is 0 Å². The van der Waals surface area contributed by atoms with Crippen LogP contribution in [0.2, 0.25) is 0 Å². The molecule has 0 radical (unpaired) electrons. The minimum absolute atomic E-state index is 0.0454. The van der Waals surface area contributed by atoms with Gasteiger partial charge in [-0.3, -0.25) is 0 Å². The standard InChI is InChI=1S/C25H36/c1-7-19(3)17-21-9-13-23(14-10-21)25(5,6)24-15-11-22(12-16-24)18-20(4)8-2/h9-16,19-20H,7-8,17-18H2,1-6H3. The molecule has 0 amide bonds. The van der Waals surface area contributed by atoms with Crippen molar-refractivity contribution in [3.05, 3.63) is 70.8 Å². The van der Waals surface area contributed by atoms with Crippen molar-refractivity contribution in [3.63, 3.8) is 0 Å². The van der Waals surface area contributed by atoms with Gasteiger partial charge in [0.2, 0.25) is 0 Å². The van der Waals surface area contributed by atoms with Crippen molar-refractivity contribution >= 4 is 0 Å². The van der Waals surface area contributed by atoms with Gasteiger partial charge in [-0.15, -0.1) is 0 Å². The largest absolute Gasteiger partial charge is 0.0651 e. The molecule has 0 spiro atoms. The zero-order valence-electron chi connectivity index (χ0n) is 17.1. The zero-order chi connectivity index (χ0) is 18.4. The van der Waals surface area contributed by atoms with Gasteiger partial charge in [0.25, 0.3) is 0 Å². The minimum Gasteiger partial charge on any atom is -0.0651 e. The van der Waals surface area contributed by atoms with Crippen LogP contribution in [0.5, 0.6) is 0 Å². The Kier molecular flexibility index (Phi) is 6.87. The van der Waals surface area contributed by atoms with Crippen molar-refractivity contribution in [2.45, 2.75) is 72.6 Å². The van der Waals surface area contributed by atoms with E-state index in [9.17, 15) is 0 Å². The molecule has 0 heterocycles. The Bertz CT molecular complexity index is 573. The summed E-state index contributed by atoms with van der Waals surface area (Å²) >= 11 is 0. The summed E-state index contributed by atoms with van der Waals surface area (Å²) in [5.41, 5.74) is 5.75. The summed E-state index contributed by atoms with van der Waals surface area (Å²) in [6, 6.07) is 18.6. The maximum absolute atomic E-state index is 2.33. The van der Waals surface area contributed by atoms with Crippen LogP contribution in [-0.2, 0) is 18.3 Å². The Labute approximate surface area is 155 Å². The van der Waals surface area contributed by atoms with Crippen LogP contribution in [0.25, 0.3) is 0 Å². The first-order valence-corrected chi connectivity index (χ1v) is 10.1. The van der Waals surface area contributed by atoms with E-state index in [1.54, 1.807) is 0 Å². The Morgan fingerprint density at radius 2 is 0.960 bits per heavy atom. The van der Waals surface area contributed by atoms with Gasteiger partial charge < -0.3 is 0 Å². The van der Waals surface area contributed by atoms with Crippen molar-refractivity contribution in [2.75, 3.05) is 0 Å². The van der Waals surface area contributed by atoms with Crippen molar-refractivity contribution in [3.8, 4) is 0 Å². The number of benzene rings is 2. The van der Waals surface area contributed by atoms with E-state index in [1.165, 1.54) is 47.9 Å². The third-order valence-corrected chi connectivity index (χ3v) is 5.91. The summed E-state index contributed by atoms with van der Waals surface area (Å²) in [6.45, 7) is 13.9. The molecule has 2 aromatic carbocycles. The van der Waals surface area contributed by atoms with Gasteiger partial charge in [0.15, 0.2) is 0 Å². The Balaban J connectivity index is 2.14. The van der Waals surface area contributed by atoms with Gasteiger partial charge in [0.1, 0.15) is 0 Å². The second-order valence-electron chi connectivity index (χ2n) is 8.45. The summed E-state index contributed by atoms with van der Waals surface area (Å²) in [7, 11) is 0. The summed E-state index contributed by atoms with van der Waals surface area (Å²) < 4.78 is 0. The molecule has 0 fully saturated rings. The van der Waals surface area contributed by atoms with Gasteiger partial charge >= 0.3 is 0 Å². The van der Waals surface area contributed by atoms with Crippen molar-refractivity contribution < 1.29 is 0 Å². The predicted molar refractivity (Wildman–Crippen MR) is 111 cm³/mol. The van der Waals surface area contributed by atoms with Gasteiger partial charge in [0.05, 0.1) is 0 Å². The minimum atomic E-state index is 0.0454. The Morgan fingerprint density at radius 3 is 1.24 bits per heavy atom. The highest BCUT2D eigenvalue weighted by Crippen LogP contribution is 2.32. The van der Waals surface area contributed by atoms with E-state index in [4.69, 9.17) is 0 Å². The van der Waals surface area contributed by atoms with E-state index >= 15 is 0 Å². The van der Waals surface area contributed by atoms with Crippen molar-refractivity contribution in [1.29, 1.82) is 0 Å². The third kappa shape index (κ3) is 5.21. The molecule has 0 saturated heterocycles. The summed E-state index contributed by atoms with van der Waals surface area (Å²) in [4.78, 5) is 0. The van der Waals surface area contributed by atoms with Crippen molar-refractivity contribution in [2.24, 2.45) is 11.8 Å². The van der Waals surface area contributed by atoms with E-state index < -0.39 is 0 Å². The van der Waals surface area contributed by atoms with Crippen LogP contribution in [0.3, 0.4) is 0 Å². The maximum atomic E-state index is 2.33. The first kappa shape index (κ1) is 19.8. The highest BCUT2D eigenvalue weighted by Gasteiger charge is 2.23. The van der Waals surface area contributed by atoms with Crippen LogP contribution < -0.4 is 0 Å². The van der Waals surface area contributed by atoms with E-state index in [1.807, 2.05) is 0 Å². The van der Waals surface area contributed by atoms with Crippen molar-refractivity contribution in [1.82, 2.24) is 0 Å². The molecule has 0 saturated carbocycles. The van der Waals surface area contributed by atoms with Gasteiger partial charge in [0, 0.05) is 5.41 Å². The average molecular weight is 337 g/mol. The molecule has 0 aliphatic carbocycles. The lowest BCUT2D eigenvalue weighted by Crippen LogP contribution is -2.19. The monoisotopic (exact) mass is 336 g/mol. The molecule has 2 atom stereocenters. The molecule has 0 nitrogen and oxygen atoms in total. The van der Waals surface area contributed by atoms with Crippen LogP contribution in [0.15, 0.2) is 48.5 Å². The fraction of sp³-hybridized carbons (Fsp3) is 0.520. The highest BCUT2D eigenvalue weighted by atomic mass is 14.3. The van der Waals surface area contributed by atoms with E-state index in [0.29, 0.717) is 0 Å². The number of hydrogen-bond donors (Lipinski definition) is 0. The summed E-state index contributed by atoms with van der Waals surface area (Å²) in [5, 5.41) is 0. The third-order valence-electron chi connectivity index (χ3n) is 5.91.